The second kappa shape index (κ2) is 9.23. The van der Waals surface area contributed by atoms with Gasteiger partial charge in [0.15, 0.2) is 5.72 Å². The number of benzene rings is 3. The van der Waals surface area contributed by atoms with Gasteiger partial charge in [-0.15, -0.1) is 0 Å². The highest BCUT2D eigenvalue weighted by atomic mass is 16.5. The van der Waals surface area contributed by atoms with Crippen molar-refractivity contribution < 1.29 is 19.4 Å². The number of hydrogen-bond donors (Lipinski definition) is 1. The Labute approximate surface area is 182 Å². The van der Waals surface area contributed by atoms with E-state index in [0.29, 0.717) is 29.0 Å². The number of carbonyl (C=O) groups excluding carboxylic acids is 1. The molecule has 0 spiro atoms. The van der Waals surface area contributed by atoms with Crippen LogP contribution in [-0.4, -0.2) is 35.7 Å². The van der Waals surface area contributed by atoms with E-state index in [-0.39, 0.29) is 19.1 Å². The average Bonchev–Trinajstić information content (AvgIpc) is 3.04. The number of hydrogen-bond acceptors (Lipinski definition) is 4. The second-order valence-corrected chi connectivity index (χ2v) is 7.56. The Bertz CT molecular complexity index is 1020. The van der Waals surface area contributed by atoms with Crippen LogP contribution in [0.5, 0.6) is 11.5 Å². The van der Waals surface area contributed by atoms with Crippen LogP contribution in [0.3, 0.4) is 0 Å². The van der Waals surface area contributed by atoms with E-state index in [1.165, 1.54) is 4.90 Å². The number of unbranched alkanes of at least 4 members (excludes halogenated alkanes) is 1. The molecule has 1 N–H and O–H groups in total. The van der Waals surface area contributed by atoms with E-state index in [0.717, 1.165) is 18.6 Å². The van der Waals surface area contributed by atoms with Crippen LogP contribution in [0.2, 0.25) is 0 Å². The summed E-state index contributed by atoms with van der Waals surface area (Å²) in [5, 5.41) is 11.7. The zero-order valence-corrected chi connectivity index (χ0v) is 17.7. The van der Waals surface area contributed by atoms with Gasteiger partial charge in [0.1, 0.15) is 18.1 Å². The molecule has 0 aromatic heterocycles. The number of rotatable bonds is 9. The topological polar surface area (TPSA) is 59.0 Å². The summed E-state index contributed by atoms with van der Waals surface area (Å²) >= 11 is 0. The summed E-state index contributed by atoms with van der Waals surface area (Å²) in [5.41, 5.74) is 0.249. The van der Waals surface area contributed by atoms with E-state index in [1.54, 1.807) is 12.1 Å². The predicted octanol–water partition coefficient (Wildman–Crippen LogP) is 4.59. The Morgan fingerprint density at radius 1 is 0.839 bits per heavy atom. The number of fused-ring (bicyclic) bond motifs is 1. The molecule has 1 aliphatic heterocycles. The number of nitrogens with zero attached hydrogens (tertiary/aromatic N) is 1. The predicted molar refractivity (Wildman–Crippen MR) is 119 cm³/mol. The van der Waals surface area contributed by atoms with E-state index < -0.39 is 5.72 Å². The molecule has 0 bridgehead atoms. The summed E-state index contributed by atoms with van der Waals surface area (Å²) in [6.45, 7) is 3.33. The lowest BCUT2D eigenvalue weighted by molar-refractivity contribution is -0.0538. The van der Waals surface area contributed by atoms with Gasteiger partial charge in [-0.2, -0.15) is 0 Å². The Balaban J connectivity index is 1.47. The fraction of sp³-hybridized carbons (Fsp3) is 0.269. The molecule has 0 aliphatic carbocycles. The fourth-order valence-electron chi connectivity index (χ4n) is 3.88. The molecule has 4 rings (SSSR count). The zero-order chi connectivity index (χ0) is 21.7. The molecular weight excluding hydrogens is 390 g/mol. The van der Waals surface area contributed by atoms with E-state index in [1.807, 2.05) is 66.7 Å². The third kappa shape index (κ3) is 4.14. The molecule has 3 aromatic carbocycles. The molecule has 0 unspecified atom stereocenters. The largest absolute Gasteiger partial charge is 0.494 e. The number of aliphatic hydroxyl groups is 1. The van der Waals surface area contributed by atoms with Crippen molar-refractivity contribution in [3.8, 4) is 11.5 Å². The maximum Gasteiger partial charge on any atom is 0.257 e. The molecule has 0 saturated heterocycles. The zero-order valence-electron chi connectivity index (χ0n) is 17.7. The molecule has 5 nitrogen and oxygen atoms in total. The van der Waals surface area contributed by atoms with Crippen molar-refractivity contribution in [2.75, 3.05) is 19.8 Å². The first-order valence-electron chi connectivity index (χ1n) is 10.7. The lowest BCUT2D eigenvalue weighted by atomic mass is 9.94. The minimum Gasteiger partial charge on any atom is -0.494 e. The minimum absolute atomic E-state index is 0.203. The summed E-state index contributed by atoms with van der Waals surface area (Å²) in [7, 11) is 0. The Morgan fingerprint density at radius 3 is 2.13 bits per heavy atom. The van der Waals surface area contributed by atoms with Crippen molar-refractivity contribution in [3.63, 3.8) is 0 Å². The van der Waals surface area contributed by atoms with Gasteiger partial charge in [0, 0.05) is 16.7 Å². The van der Waals surface area contributed by atoms with Gasteiger partial charge in [-0.05, 0) is 36.8 Å². The monoisotopic (exact) mass is 417 g/mol. The van der Waals surface area contributed by atoms with Crippen molar-refractivity contribution in [2.45, 2.75) is 25.5 Å². The van der Waals surface area contributed by atoms with E-state index in [9.17, 15) is 9.90 Å². The highest BCUT2D eigenvalue weighted by Crippen LogP contribution is 2.41. The molecule has 0 saturated carbocycles. The van der Waals surface area contributed by atoms with Crippen LogP contribution >= 0.6 is 0 Å². The summed E-state index contributed by atoms with van der Waals surface area (Å²) in [6.07, 6.45) is 2.12. The molecule has 1 heterocycles. The van der Waals surface area contributed by atoms with Crippen LogP contribution in [0.4, 0.5) is 0 Å². The van der Waals surface area contributed by atoms with Gasteiger partial charge >= 0.3 is 0 Å². The molecule has 31 heavy (non-hydrogen) atoms. The summed E-state index contributed by atoms with van der Waals surface area (Å²) in [4.78, 5) is 14.6. The molecule has 5 heteroatoms. The van der Waals surface area contributed by atoms with Crippen LogP contribution in [0, 0.1) is 0 Å². The summed E-state index contributed by atoms with van der Waals surface area (Å²) in [5.74, 6) is 1.30. The van der Waals surface area contributed by atoms with Gasteiger partial charge in [0.25, 0.3) is 5.91 Å². The van der Waals surface area contributed by atoms with Gasteiger partial charge in [-0.25, -0.2) is 0 Å². The van der Waals surface area contributed by atoms with E-state index in [4.69, 9.17) is 9.47 Å². The van der Waals surface area contributed by atoms with Crippen molar-refractivity contribution in [1.29, 1.82) is 0 Å². The van der Waals surface area contributed by atoms with Gasteiger partial charge in [-0.1, -0.05) is 61.9 Å². The van der Waals surface area contributed by atoms with Gasteiger partial charge in [-0.3, -0.25) is 9.69 Å². The third-order valence-electron chi connectivity index (χ3n) is 5.52. The Morgan fingerprint density at radius 2 is 1.45 bits per heavy atom. The molecule has 160 valence electrons. The summed E-state index contributed by atoms with van der Waals surface area (Å²) in [6, 6.07) is 23.9. The first kappa shape index (κ1) is 20.9. The average molecular weight is 418 g/mol. The van der Waals surface area contributed by atoms with Crippen LogP contribution in [0.15, 0.2) is 78.9 Å². The first-order chi connectivity index (χ1) is 15.1. The number of carbonyl (C=O) groups is 1. The Kier molecular flexibility index (Phi) is 6.23. The molecule has 3 aromatic rings. The third-order valence-corrected chi connectivity index (χ3v) is 5.52. The first-order valence-corrected chi connectivity index (χ1v) is 10.7. The molecule has 1 aliphatic rings. The highest BCUT2D eigenvalue weighted by molar-refractivity contribution is 6.00. The second-order valence-electron chi connectivity index (χ2n) is 7.56. The highest BCUT2D eigenvalue weighted by Gasteiger charge is 2.49. The van der Waals surface area contributed by atoms with Crippen LogP contribution in [-0.2, 0) is 5.72 Å². The van der Waals surface area contributed by atoms with Crippen molar-refractivity contribution >= 4 is 5.91 Å². The Hall–Kier alpha value is -3.31. The standard InChI is InChI=1S/C26H27NO4/c1-2-3-18-30-21-13-15-22(16-14-21)31-19-17-27-25(28)23-11-7-8-12-24(23)26(27,29)20-9-5-4-6-10-20/h4-16,29H,2-3,17-19H2,1H3/t26-/m1/s1. The number of amides is 1. The van der Waals surface area contributed by atoms with Gasteiger partial charge < -0.3 is 14.6 Å². The normalized spacial score (nSPS) is 17.5. The quantitative estimate of drug-likeness (QED) is 0.517. The maximum absolute atomic E-state index is 13.1. The van der Waals surface area contributed by atoms with E-state index >= 15 is 0 Å². The lowest BCUT2D eigenvalue weighted by Gasteiger charge is -2.34. The summed E-state index contributed by atoms with van der Waals surface area (Å²) < 4.78 is 11.5. The van der Waals surface area contributed by atoms with Crippen LogP contribution in [0.25, 0.3) is 0 Å². The van der Waals surface area contributed by atoms with Gasteiger partial charge in [0.2, 0.25) is 0 Å². The van der Waals surface area contributed by atoms with Crippen molar-refractivity contribution in [1.82, 2.24) is 4.90 Å². The fourth-order valence-corrected chi connectivity index (χ4v) is 3.88. The minimum atomic E-state index is -1.52. The number of ether oxygens (including phenoxy) is 2. The van der Waals surface area contributed by atoms with Crippen LogP contribution < -0.4 is 9.47 Å². The van der Waals surface area contributed by atoms with Crippen molar-refractivity contribution in [3.05, 3.63) is 95.6 Å². The van der Waals surface area contributed by atoms with E-state index in [2.05, 4.69) is 6.92 Å². The lowest BCUT2D eigenvalue weighted by Crippen LogP contribution is -2.46. The maximum atomic E-state index is 13.1. The molecular formula is C26H27NO4. The molecule has 0 fully saturated rings. The molecule has 0 radical (unpaired) electrons. The van der Waals surface area contributed by atoms with Crippen LogP contribution in [0.1, 0.15) is 41.3 Å². The molecule has 1 atom stereocenters. The SMILES string of the molecule is CCCCOc1ccc(OCCN2C(=O)c3ccccc3[C@]2(O)c2ccccc2)cc1. The van der Waals surface area contributed by atoms with Crippen molar-refractivity contribution in [2.24, 2.45) is 0 Å². The van der Waals surface area contributed by atoms with Gasteiger partial charge in [0.05, 0.1) is 13.2 Å². The molecule has 1 amide bonds. The smallest absolute Gasteiger partial charge is 0.257 e.